The molecule has 1 unspecified atom stereocenters. The van der Waals surface area contributed by atoms with E-state index in [4.69, 9.17) is 9.15 Å². The summed E-state index contributed by atoms with van der Waals surface area (Å²) in [6.07, 6.45) is 5.86. The number of rotatable bonds is 6. The number of amides is 1. The number of aryl methyl sites for hydroxylation is 1. The molecule has 1 heterocycles. The largest absolute Gasteiger partial charge is 0.492 e. The van der Waals surface area contributed by atoms with Crippen molar-refractivity contribution < 1.29 is 13.9 Å². The van der Waals surface area contributed by atoms with Gasteiger partial charge in [-0.05, 0) is 53.4 Å². The Bertz CT molecular complexity index is 668. The number of benzene rings is 1. The molecule has 0 saturated carbocycles. The summed E-state index contributed by atoms with van der Waals surface area (Å²) in [4.78, 5) is 12.1. The van der Waals surface area contributed by atoms with Crippen LogP contribution in [-0.2, 0) is 11.2 Å². The van der Waals surface area contributed by atoms with E-state index in [1.54, 1.807) is 6.26 Å². The van der Waals surface area contributed by atoms with Gasteiger partial charge in [0.1, 0.15) is 11.5 Å². The Morgan fingerprint density at radius 2 is 2.22 bits per heavy atom. The minimum absolute atomic E-state index is 0.0692. The Morgan fingerprint density at radius 3 is 3.09 bits per heavy atom. The first-order valence-electron chi connectivity index (χ1n) is 7.97. The summed E-state index contributed by atoms with van der Waals surface area (Å²) in [7, 11) is 0. The van der Waals surface area contributed by atoms with Gasteiger partial charge < -0.3 is 14.5 Å². The lowest BCUT2D eigenvalue weighted by molar-refractivity contribution is -0.122. The number of carbonyl (C=O) groups is 1. The normalized spacial score (nSPS) is 16.7. The topological polar surface area (TPSA) is 51.5 Å². The molecule has 1 aliphatic rings. The molecule has 0 spiro atoms. The first kappa shape index (κ1) is 16.1. The molecule has 23 heavy (non-hydrogen) atoms. The lowest BCUT2D eigenvalue weighted by atomic mass is 9.93. The van der Waals surface area contributed by atoms with Crippen molar-refractivity contribution in [1.29, 1.82) is 0 Å². The van der Waals surface area contributed by atoms with Crippen LogP contribution in [0.4, 0.5) is 0 Å². The first-order valence-corrected chi connectivity index (χ1v) is 8.76. The van der Waals surface area contributed by atoms with Crippen LogP contribution in [0.3, 0.4) is 0 Å². The summed E-state index contributed by atoms with van der Waals surface area (Å²) >= 11 is 3.44. The summed E-state index contributed by atoms with van der Waals surface area (Å²) in [5, 5.41) is 3.11. The van der Waals surface area contributed by atoms with E-state index in [0.717, 1.165) is 40.8 Å². The summed E-state index contributed by atoms with van der Waals surface area (Å²) in [5.41, 5.74) is 1.13. The Balaban J connectivity index is 1.42. The molecule has 1 aromatic carbocycles. The van der Waals surface area contributed by atoms with Crippen molar-refractivity contribution in [1.82, 2.24) is 5.32 Å². The molecule has 122 valence electrons. The highest BCUT2D eigenvalue weighted by Gasteiger charge is 2.23. The molecule has 1 atom stereocenters. The summed E-state index contributed by atoms with van der Waals surface area (Å²) in [5.74, 6) is 1.89. The third-order valence-electron chi connectivity index (χ3n) is 4.03. The zero-order valence-electron chi connectivity index (χ0n) is 12.9. The number of carbonyl (C=O) groups excluding carboxylic acids is 1. The van der Waals surface area contributed by atoms with Crippen LogP contribution in [-0.4, -0.2) is 12.5 Å². The van der Waals surface area contributed by atoms with Crippen molar-refractivity contribution in [2.75, 3.05) is 6.61 Å². The molecule has 1 amide bonds. The molecule has 1 N–H and O–H groups in total. The zero-order valence-corrected chi connectivity index (χ0v) is 14.5. The van der Waals surface area contributed by atoms with Gasteiger partial charge in [0.05, 0.1) is 23.4 Å². The lowest BCUT2D eigenvalue weighted by Gasteiger charge is -2.22. The van der Waals surface area contributed by atoms with Gasteiger partial charge in [-0.25, -0.2) is 0 Å². The minimum Gasteiger partial charge on any atom is -0.492 e. The van der Waals surface area contributed by atoms with E-state index < -0.39 is 0 Å². The highest BCUT2D eigenvalue weighted by atomic mass is 79.9. The van der Waals surface area contributed by atoms with Crippen molar-refractivity contribution in [3.63, 3.8) is 0 Å². The molecule has 2 aromatic rings. The molecule has 0 bridgehead atoms. The van der Waals surface area contributed by atoms with Crippen molar-refractivity contribution >= 4 is 21.8 Å². The van der Waals surface area contributed by atoms with Gasteiger partial charge in [-0.2, -0.15) is 0 Å². The van der Waals surface area contributed by atoms with E-state index in [2.05, 4.69) is 21.2 Å². The van der Waals surface area contributed by atoms with Crippen molar-refractivity contribution in [2.45, 2.75) is 38.1 Å². The van der Waals surface area contributed by atoms with Gasteiger partial charge in [0.25, 0.3) is 0 Å². The highest BCUT2D eigenvalue weighted by molar-refractivity contribution is 9.10. The average Bonchev–Trinajstić information content (AvgIpc) is 3.03. The standard InChI is InChI=1S/C18H20BrNO3/c19-14-5-1-2-7-17(14)22-11-4-9-18(21)20-15-6-3-8-16-13(15)10-12-23-16/h1-2,5,7,10,12,15H,3-4,6,8-9,11H2,(H,20,21). The van der Waals surface area contributed by atoms with Gasteiger partial charge in [0.15, 0.2) is 0 Å². The molecule has 0 radical (unpaired) electrons. The second-order valence-electron chi connectivity index (χ2n) is 5.69. The van der Waals surface area contributed by atoms with Crippen molar-refractivity contribution in [2.24, 2.45) is 0 Å². The van der Waals surface area contributed by atoms with E-state index in [0.29, 0.717) is 19.4 Å². The van der Waals surface area contributed by atoms with E-state index in [1.807, 2.05) is 30.3 Å². The monoisotopic (exact) mass is 377 g/mol. The molecule has 3 rings (SSSR count). The van der Waals surface area contributed by atoms with Crippen LogP contribution in [0.5, 0.6) is 5.75 Å². The summed E-state index contributed by atoms with van der Waals surface area (Å²) in [6, 6.07) is 9.78. The van der Waals surface area contributed by atoms with Gasteiger partial charge in [0.2, 0.25) is 5.91 Å². The number of furan rings is 1. The number of hydrogen-bond donors (Lipinski definition) is 1. The van der Waals surface area contributed by atoms with Gasteiger partial charge in [-0.15, -0.1) is 0 Å². The number of ether oxygens (including phenoxy) is 1. The van der Waals surface area contributed by atoms with E-state index >= 15 is 0 Å². The molecular formula is C18H20BrNO3. The second kappa shape index (κ2) is 7.68. The smallest absolute Gasteiger partial charge is 0.220 e. The molecule has 4 nitrogen and oxygen atoms in total. The van der Waals surface area contributed by atoms with E-state index in [1.165, 1.54) is 0 Å². The van der Waals surface area contributed by atoms with E-state index in [-0.39, 0.29) is 11.9 Å². The number of fused-ring (bicyclic) bond motifs is 1. The van der Waals surface area contributed by atoms with E-state index in [9.17, 15) is 4.79 Å². The molecular weight excluding hydrogens is 358 g/mol. The molecule has 1 aliphatic carbocycles. The Labute approximate surface area is 144 Å². The maximum atomic E-state index is 12.1. The third-order valence-corrected chi connectivity index (χ3v) is 4.68. The zero-order chi connectivity index (χ0) is 16.1. The maximum Gasteiger partial charge on any atom is 0.220 e. The number of hydrogen-bond acceptors (Lipinski definition) is 3. The second-order valence-corrected chi connectivity index (χ2v) is 6.55. The maximum absolute atomic E-state index is 12.1. The summed E-state index contributed by atoms with van der Waals surface area (Å²) < 4.78 is 12.1. The lowest BCUT2D eigenvalue weighted by Crippen LogP contribution is -2.30. The van der Waals surface area contributed by atoms with Crippen LogP contribution in [0.2, 0.25) is 0 Å². The predicted octanol–water partition coefficient (Wildman–Crippen LogP) is 4.39. The van der Waals surface area contributed by atoms with Crippen LogP contribution in [0.1, 0.15) is 43.0 Å². The molecule has 0 aliphatic heterocycles. The first-order chi connectivity index (χ1) is 11.2. The predicted molar refractivity (Wildman–Crippen MR) is 91.4 cm³/mol. The van der Waals surface area contributed by atoms with Gasteiger partial charge in [-0.1, -0.05) is 12.1 Å². The fraction of sp³-hybridized carbons (Fsp3) is 0.389. The van der Waals surface area contributed by atoms with Gasteiger partial charge in [0, 0.05) is 18.4 Å². The molecule has 0 saturated heterocycles. The van der Waals surface area contributed by atoms with Crippen LogP contribution < -0.4 is 10.1 Å². The molecule has 0 fully saturated rings. The average molecular weight is 378 g/mol. The Hall–Kier alpha value is -1.75. The Morgan fingerprint density at radius 1 is 1.35 bits per heavy atom. The fourth-order valence-electron chi connectivity index (χ4n) is 2.88. The van der Waals surface area contributed by atoms with Gasteiger partial charge >= 0.3 is 0 Å². The van der Waals surface area contributed by atoms with Crippen LogP contribution >= 0.6 is 15.9 Å². The molecule has 1 aromatic heterocycles. The van der Waals surface area contributed by atoms with Gasteiger partial charge in [-0.3, -0.25) is 4.79 Å². The van der Waals surface area contributed by atoms with Crippen molar-refractivity contribution in [3.8, 4) is 5.75 Å². The quantitative estimate of drug-likeness (QED) is 0.759. The fourth-order valence-corrected chi connectivity index (χ4v) is 3.28. The highest BCUT2D eigenvalue weighted by Crippen LogP contribution is 2.30. The Kier molecular flexibility index (Phi) is 5.39. The van der Waals surface area contributed by atoms with Crippen LogP contribution in [0, 0.1) is 0 Å². The number of halogens is 1. The molecule has 5 heteroatoms. The number of para-hydroxylation sites is 1. The minimum atomic E-state index is 0.0692. The van der Waals surface area contributed by atoms with Crippen LogP contribution in [0.25, 0.3) is 0 Å². The summed E-state index contributed by atoms with van der Waals surface area (Å²) in [6.45, 7) is 0.525. The van der Waals surface area contributed by atoms with Crippen molar-refractivity contribution in [3.05, 3.63) is 52.4 Å². The third kappa shape index (κ3) is 4.16. The number of nitrogens with one attached hydrogen (secondary N) is 1. The van der Waals surface area contributed by atoms with Crippen LogP contribution in [0.15, 0.2) is 45.5 Å². The SMILES string of the molecule is O=C(CCCOc1ccccc1Br)NC1CCCc2occc21.